The molecule has 0 radical (unpaired) electrons. The van der Waals surface area contributed by atoms with Gasteiger partial charge in [0.25, 0.3) is 0 Å². The molecule has 1 saturated heterocycles. The Morgan fingerprint density at radius 3 is 2.80 bits per heavy atom. The summed E-state index contributed by atoms with van der Waals surface area (Å²) >= 11 is 0. The number of carbonyl (C=O) groups is 1. The van der Waals surface area contributed by atoms with Crippen LogP contribution in [0, 0.1) is 0 Å². The molecular formula is C15H26N4O. The largest absolute Gasteiger partial charge is 0.334 e. The van der Waals surface area contributed by atoms with Crippen LogP contribution in [0.2, 0.25) is 0 Å². The molecule has 2 unspecified atom stereocenters. The first-order valence-electron chi connectivity index (χ1n) is 7.74. The average molecular weight is 278 g/mol. The first kappa shape index (κ1) is 15.0. The Labute approximate surface area is 121 Å². The Hall–Kier alpha value is -1.36. The number of likely N-dealkylation sites (tertiary alicyclic amines) is 1. The summed E-state index contributed by atoms with van der Waals surface area (Å²) in [4.78, 5) is 14.3. The lowest BCUT2D eigenvalue weighted by atomic mass is 9.99. The van der Waals surface area contributed by atoms with Gasteiger partial charge in [0.1, 0.15) is 0 Å². The Morgan fingerprint density at radius 2 is 2.10 bits per heavy atom. The van der Waals surface area contributed by atoms with Crippen LogP contribution >= 0.6 is 0 Å². The summed E-state index contributed by atoms with van der Waals surface area (Å²) in [6.07, 6.45) is 8.34. The Balaban J connectivity index is 2.27. The van der Waals surface area contributed by atoms with Gasteiger partial charge in [-0.2, -0.15) is 5.10 Å². The maximum absolute atomic E-state index is 12.3. The molecule has 20 heavy (non-hydrogen) atoms. The smallest absolute Gasteiger partial charge is 0.223 e. The predicted octanol–water partition coefficient (Wildman–Crippen LogP) is 2.08. The number of amides is 1. The van der Waals surface area contributed by atoms with Crippen LogP contribution in [-0.2, 0) is 11.3 Å². The van der Waals surface area contributed by atoms with Gasteiger partial charge in [0, 0.05) is 37.3 Å². The minimum absolute atomic E-state index is 0.00674. The van der Waals surface area contributed by atoms with Crippen LogP contribution in [0.5, 0.6) is 0 Å². The van der Waals surface area contributed by atoms with Gasteiger partial charge in [-0.25, -0.2) is 0 Å². The second-order valence-electron chi connectivity index (χ2n) is 5.62. The standard InChI is InChI=1S/C15H26N4O/c1-3-8-18-11-12(10-17-18)15-13(16)6-5-7-14(20)19(15)9-4-2/h10-11,13,15H,3-9,16H2,1-2H3. The van der Waals surface area contributed by atoms with Gasteiger partial charge in [-0.1, -0.05) is 13.8 Å². The second kappa shape index (κ2) is 6.88. The fourth-order valence-electron chi connectivity index (χ4n) is 2.99. The van der Waals surface area contributed by atoms with Crippen molar-refractivity contribution in [3.05, 3.63) is 18.0 Å². The van der Waals surface area contributed by atoms with Crippen LogP contribution in [0.4, 0.5) is 0 Å². The maximum Gasteiger partial charge on any atom is 0.223 e. The monoisotopic (exact) mass is 278 g/mol. The SMILES string of the molecule is CCCN1C(=O)CCCC(N)C1c1cnn(CCC)c1. The van der Waals surface area contributed by atoms with E-state index in [1.165, 1.54) is 0 Å². The summed E-state index contributed by atoms with van der Waals surface area (Å²) in [5.74, 6) is 0.230. The van der Waals surface area contributed by atoms with E-state index >= 15 is 0 Å². The molecule has 1 fully saturated rings. The first-order chi connectivity index (χ1) is 9.67. The van der Waals surface area contributed by atoms with Crippen LogP contribution in [0.15, 0.2) is 12.4 Å². The van der Waals surface area contributed by atoms with Gasteiger partial charge in [-0.05, 0) is 25.7 Å². The predicted molar refractivity (Wildman–Crippen MR) is 79.1 cm³/mol. The summed E-state index contributed by atoms with van der Waals surface area (Å²) in [6, 6.07) is -0.0113. The highest BCUT2D eigenvalue weighted by atomic mass is 16.2. The number of aromatic nitrogens is 2. The van der Waals surface area contributed by atoms with Crippen molar-refractivity contribution >= 4 is 5.91 Å². The Morgan fingerprint density at radius 1 is 1.35 bits per heavy atom. The molecule has 2 heterocycles. The van der Waals surface area contributed by atoms with Crippen LogP contribution in [0.1, 0.15) is 57.6 Å². The molecule has 0 aromatic carbocycles. The average Bonchev–Trinajstić information content (AvgIpc) is 2.81. The summed E-state index contributed by atoms with van der Waals surface area (Å²) in [6.45, 7) is 5.91. The lowest BCUT2D eigenvalue weighted by Gasteiger charge is -2.32. The highest BCUT2D eigenvalue weighted by Gasteiger charge is 2.33. The van der Waals surface area contributed by atoms with Crippen molar-refractivity contribution in [3.8, 4) is 0 Å². The van der Waals surface area contributed by atoms with E-state index in [1.54, 1.807) is 0 Å². The van der Waals surface area contributed by atoms with Crippen molar-refractivity contribution < 1.29 is 4.79 Å². The molecule has 1 amide bonds. The van der Waals surface area contributed by atoms with Gasteiger partial charge in [0.15, 0.2) is 0 Å². The molecule has 5 heteroatoms. The fraction of sp³-hybridized carbons (Fsp3) is 0.733. The van der Waals surface area contributed by atoms with Gasteiger partial charge >= 0.3 is 0 Å². The van der Waals surface area contributed by atoms with Crippen molar-refractivity contribution in [1.82, 2.24) is 14.7 Å². The molecule has 2 atom stereocenters. The molecular weight excluding hydrogens is 252 g/mol. The molecule has 5 nitrogen and oxygen atoms in total. The fourth-order valence-corrected chi connectivity index (χ4v) is 2.99. The zero-order valence-electron chi connectivity index (χ0n) is 12.6. The molecule has 2 N–H and O–H groups in total. The topological polar surface area (TPSA) is 64.2 Å². The quantitative estimate of drug-likeness (QED) is 0.897. The number of nitrogens with two attached hydrogens (primary N) is 1. The minimum Gasteiger partial charge on any atom is -0.334 e. The molecule has 0 spiro atoms. The molecule has 1 aliphatic rings. The van der Waals surface area contributed by atoms with Crippen molar-refractivity contribution in [2.24, 2.45) is 5.73 Å². The van der Waals surface area contributed by atoms with Crippen molar-refractivity contribution in [1.29, 1.82) is 0 Å². The lowest BCUT2D eigenvalue weighted by Crippen LogP contribution is -2.42. The van der Waals surface area contributed by atoms with Crippen LogP contribution in [0.25, 0.3) is 0 Å². The molecule has 0 aliphatic carbocycles. The van der Waals surface area contributed by atoms with E-state index < -0.39 is 0 Å². The van der Waals surface area contributed by atoms with Crippen LogP contribution in [-0.4, -0.2) is 33.2 Å². The molecule has 0 bridgehead atoms. The number of aryl methyl sites for hydroxylation is 1. The molecule has 1 aliphatic heterocycles. The van der Waals surface area contributed by atoms with E-state index in [-0.39, 0.29) is 18.0 Å². The van der Waals surface area contributed by atoms with Crippen molar-refractivity contribution in [2.75, 3.05) is 6.54 Å². The van der Waals surface area contributed by atoms with Crippen LogP contribution < -0.4 is 5.73 Å². The summed E-state index contributed by atoms with van der Waals surface area (Å²) in [5, 5.41) is 4.39. The highest BCUT2D eigenvalue weighted by Crippen LogP contribution is 2.30. The zero-order chi connectivity index (χ0) is 14.5. The van der Waals surface area contributed by atoms with E-state index in [0.717, 1.165) is 44.3 Å². The van der Waals surface area contributed by atoms with Gasteiger partial charge in [0.05, 0.1) is 12.2 Å². The van der Waals surface area contributed by atoms with Crippen molar-refractivity contribution in [2.45, 2.75) is 64.6 Å². The number of nitrogens with zero attached hydrogens (tertiary/aromatic N) is 3. The van der Waals surface area contributed by atoms with E-state index in [0.29, 0.717) is 6.42 Å². The van der Waals surface area contributed by atoms with E-state index in [1.807, 2.05) is 15.8 Å². The summed E-state index contributed by atoms with van der Waals surface area (Å²) < 4.78 is 1.95. The lowest BCUT2D eigenvalue weighted by molar-refractivity contribution is -0.133. The number of carbonyl (C=O) groups excluding carboxylic acids is 1. The zero-order valence-corrected chi connectivity index (χ0v) is 12.6. The second-order valence-corrected chi connectivity index (χ2v) is 5.62. The van der Waals surface area contributed by atoms with Crippen LogP contribution in [0.3, 0.4) is 0 Å². The molecule has 1 aromatic rings. The number of hydrogen-bond acceptors (Lipinski definition) is 3. The third-order valence-corrected chi connectivity index (χ3v) is 3.90. The molecule has 1 aromatic heterocycles. The van der Waals surface area contributed by atoms with Gasteiger partial charge < -0.3 is 10.6 Å². The third-order valence-electron chi connectivity index (χ3n) is 3.90. The molecule has 0 saturated carbocycles. The van der Waals surface area contributed by atoms with Gasteiger partial charge in [0.2, 0.25) is 5.91 Å². The summed E-state index contributed by atoms with van der Waals surface area (Å²) in [7, 11) is 0. The van der Waals surface area contributed by atoms with Gasteiger partial charge in [-0.15, -0.1) is 0 Å². The Kier molecular flexibility index (Phi) is 5.17. The minimum atomic E-state index is -0.0180. The van der Waals surface area contributed by atoms with E-state index in [4.69, 9.17) is 5.73 Å². The number of rotatable bonds is 5. The van der Waals surface area contributed by atoms with E-state index in [2.05, 4.69) is 25.1 Å². The molecule has 112 valence electrons. The van der Waals surface area contributed by atoms with E-state index in [9.17, 15) is 4.79 Å². The highest BCUT2D eigenvalue weighted by molar-refractivity contribution is 5.77. The Bertz CT molecular complexity index is 443. The van der Waals surface area contributed by atoms with Gasteiger partial charge in [-0.3, -0.25) is 9.48 Å². The normalized spacial score (nSPS) is 23.9. The van der Waals surface area contributed by atoms with Crippen molar-refractivity contribution in [3.63, 3.8) is 0 Å². The number of hydrogen-bond donors (Lipinski definition) is 1. The third kappa shape index (κ3) is 3.20. The summed E-state index contributed by atoms with van der Waals surface area (Å²) in [5.41, 5.74) is 7.42. The molecule has 2 rings (SSSR count). The maximum atomic E-state index is 12.3. The first-order valence-corrected chi connectivity index (χ1v) is 7.74.